The molecule has 1 heterocycles. The van der Waals surface area contributed by atoms with E-state index in [9.17, 15) is 0 Å². The minimum absolute atomic E-state index is 0. The quantitative estimate of drug-likeness (QED) is 0.576. The Bertz CT molecular complexity index is 144. The molecule has 3 nitrogen and oxygen atoms in total. The summed E-state index contributed by atoms with van der Waals surface area (Å²) < 4.78 is 0. The standard InChI is InChI=1S/C4H3N2O.Y/c7-4-1-2-5-6-3-4;/h1,3H,(H,5,7);/q-1;. The van der Waals surface area contributed by atoms with Gasteiger partial charge in [0.25, 0.3) is 0 Å². The van der Waals surface area contributed by atoms with Crippen LogP contribution in [0.3, 0.4) is 0 Å². The smallest absolute Gasteiger partial charge is 0.00661 e. The zero-order chi connectivity index (χ0) is 5.11. The Kier molecular flexibility index (Phi) is 3.92. The van der Waals surface area contributed by atoms with Crippen LogP contribution in [-0.4, -0.2) is 15.3 Å². The molecule has 39 valence electrons. The number of hydrogen-bond donors (Lipinski definition) is 1. The second-order valence-electron chi connectivity index (χ2n) is 1.04. The van der Waals surface area contributed by atoms with Gasteiger partial charge < -0.3 is 5.11 Å². The van der Waals surface area contributed by atoms with Crippen LogP contribution in [-0.2, 0) is 32.7 Å². The van der Waals surface area contributed by atoms with Crippen molar-refractivity contribution >= 4 is 0 Å². The Morgan fingerprint density at radius 2 is 2.38 bits per heavy atom. The topological polar surface area (TPSA) is 46.0 Å². The molecular formula is C4H3N2OY-. The third-order valence-electron chi connectivity index (χ3n) is 0.518. The fourth-order valence-corrected chi connectivity index (χ4v) is 0.254. The molecule has 1 radical (unpaired) electrons. The van der Waals surface area contributed by atoms with Crippen molar-refractivity contribution in [2.45, 2.75) is 0 Å². The van der Waals surface area contributed by atoms with Crippen LogP contribution in [0.2, 0.25) is 0 Å². The van der Waals surface area contributed by atoms with Gasteiger partial charge >= 0.3 is 0 Å². The van der Waals surface area contributed by atoms with Gasteiger partial charge in [-0.05, 0) is 5.75 Å². The third kappa shape index (κ3) is 2.33. The van der Waals surface area contributed by atoms with E-state index in [-0.39, 0.29) is 38.5 Å². The molecular weight excluding hydrogens is 181 g/mol. The summed E-state index contributed by atoms with van der Waals surface area (Å²) in [5.41, 5.74) is 0. The molecule has 0 aliphatic rings. The first-order chi connectivity index (χ1) is 3.39. The van der Waals surface area contributed by atoms with Gasteiger partial charge in [0.1, 0.15) is 0 Å². The molecule has 0 atom stereocenters. The van der Waals surface area contributed by atoms with E-state index in [1.807, 2.05) is 0 Å². The van der Waals surface area contributed by atoms with E-state index in [4.69, 9.17) is 5.11 Å². The molecule has 0 saturated carbocycles. The predicted octanol–water partition coefficient (Wildman–Crippen LogP) is -0.0201. The monoisotopic (exact) mass is 184 g/mol. The molecule has 1 aromatic rings. The first kappa shape index (κ1) is 7.98. The average Bonchev–Trinajstić information content (AvgIpc) is 1.69. The molecule has 0 fully saturated rings. The van der Waals surface area contributed by atoms with Crippen molar-refractivity contribution in [3.05, 3.63) is 18.5 Å². The van der Waals surface area contributed by atoms with Crippen LogP contribution in [0.4, 0.5) is 0 Å². The third-order valence-corrected chi connectivity index (χ3v) is 0.518. The normalized spacial score (nSPS) is 7.50. The van der Waals surface area contributed by atoms with Crippen LogP contribution in [0.25, 0.3) is 0 Å². The number of rotatable bonds is 0. The van der Waals surface area contributed by atoms with Crippen LogP contribution in [0.15, 0.2) is 12.3 Å². The molecule has 0 spiro atoms. The molecule has 0 saturated heterocycles. The van der Waals surface area contributed by atoms with E-state index in [0.717, 1.165) is 0 Å². The number of aromatic hydroxyl groups is 1. The second kappa shape index (κ2) is 3.92. The van der Waals surface area contributed by atoms with Gasteiger partial charge in [-0.15, -0.1) is 6.20 Å². The van der Waals surface area contributed by atoms with Crippen molar-refractivity contribution in [1.82, 2.24) is 10.2 Å². The molecule has 0 amide bonds. The van der Waals surface area contributed by atoms with Crippen LogP contribution in [0, 0.1) is 6.20 Å². The minimum Gasteiger partial charge on any atom is -0.591 e. The van der Waals surface area contributed by atoms with E-state index in [1.165, 1.54) is 12.3 Å². The minimum atomic E-state index is 0. The maximum absolute atomic E-state index is 8.50. The summed E-state index contributed by atoms with van der Waals surface area (Å²) >= 11 is 0. The van der Waals surface area contributed by atoms with Gasteiger partial charge in [0.2, 0.25) is 0 Å². The Morgan fingerprint density at radius 1 is 1.62 bits per heavy atom. The molecule has 0 aliphatic carbocycles. The Morgan fingerprint density at radius 3 is 2.62 bits per heavy atom. The Balaban J connectivity index is 0.000000490. The summed E-state index contributed by atoms with van der Waals surface area (Å²) in [4.78, 5) is 0. The largest absolute Gasteiger partial charge is 0.591 e. The van der Waals surface area contributed by atoms with Crippen LogP contribution >= 0.6 is 0 Å². The van der Waals surface area contributed by atoms with Gasteiger partial charge in [0.15, 0.2) is 0 Å². The van der Waals surface area contributed by atoms with Crippen molar-refractivity contribution in [1.29, 1.82) is 0 Å². The average molecular weight is 184 g/mol. The van der Waals surface area contributed by atoms with Crippen LogP contribution in [0.5, 0.6) is 5.75 Å². The van der Waals surface area contributed by atoms with Crippen LogP contribution in [0.1, 0.15) is 0 Å². The molecule has 0 aliphatic heterocycles. The van der Waals surface area contributed by atoms with Gasteiger partial charge in [-0.1, -0.05) is 0 Å². The van der Waals surface area contributed by atoms with Gasteiger partial charge in [-0.25, -0.2) is 0 Å². The summed E-state index contributed by atoms with van der Waals surface area (Å²) in [6.07, 6.45) is 3.60. The summed E-state index contributed by atoms with van der Waals surface area (Å²) in [6, 6.07) is 1.34. The van der Waals surface area contributed by atoms with Crippen LogP contribution < -0.4 is 0 Å². The molecule has 0 aromatic carbocycles. The van der Waals surface area contributed by atoms with Gasteiger partial charge in [0, 0.05) is 38.9 Å². The van der Waals surface area contributed by atoms with E-state index in [2.05, 4.69) is 16.4 Å². The Labute approximate surface area is 72.0 Å². The summed E-state index contributed by atoms with van der Waals surface area (Å²) in [5, 5.41) is 15.1. The summed E-state index contributed by atoms with van der Waals surface area (Å²) in [5.74, 6) is 0.0926. The fraction of sp³-hybridized carbons (Fsp3) is 0. The summed E-state index contributed by atoms with van der Waals surface area (Å²) in [7, 11) is 0. The van der Waals surface area contributed by atoms with Crippen molar-refractivity contribution in [2.24, 2.45) is 0 Å². The SMILES string of the molecule is Oc1c[c-]nnc1.[Y]. The molecule has 4 heteroatoms. The molecule has 0 unspecified atom stereocenters. The van der Waals surface area contributed by atoms with Crippen molar-refractivity contribution in [3.63, 3.8) is 0 Å². The molecule has 1 N–H and O–H groups in total. The number of aromatic nitrogens is 2. The van der Waals surface area contributed by atoms with E-state index < -0.39 is 0 Å². The maximum atomic E-state index is 8.50. The van der Waals surface area contributed by atoms with Gasteiger partial charge in [-0.2, -0.15) is 11.2 Å². The van der Waals surface area contributed by atoms with Crippen molar-refractivity contribution < 1.29 is 37.8 Å². The fourth-order valence-electron chi connectivity index (χ4n) is 0.254. The van der Waals surface area contributed by atoms with Gasteiger partial charge in [-0.3, -0.25) is 5.10 Å². The molecule has 0 bridgehead atoms. The first-order valence-corrected chi connectivity index (χ1v) is 1.77. The zero-order valence-electron chi connectivity index (χ0n) is 4.07. The second-order valence-corrected chi connectivity index (χ2v) is 1.04. The van der Waals surface area contributed by atoms with E-state index in [0.29, 0.717) is 0 Å². The Hall–Kier alpha value is -0.0161. The van der Waals surface area contributed by atoms with Gasteiger partial charge in [0.05, 0.1) is 0 Å². The first-order valence-electron chi connectivity index (χ1n) is 1.77. The number of hydrogen-bond acceptors (Lipinski definition) is 3. The molecule has 1 aromatic heterocycles. The predicted molar refractivity (Wildman–Crippen MR) is 22.5 cm³/mol. The number of nitrogens with zero attached hydrogens (tertiary/aromatic N) is 2. The molecule has 1 rings (SSSR count). The molecule has 8 heavy (non-hydrogen) atoms. The maximum Gasteiger partial charge on any atom is 0.00661 e. The van der Waals surface area contributed by atoms with E-state index in [1.54, 1.807) is 0 Å². The summed E-state index contributed by atoms with van der Waals surface area (Å²) in [6.45, 7) is 0. The van der Waals surface area contributed by atoms with E-state index >= 15 is 0 Å². The zero-order valence-corrected chi connectivity index (χ0v) is 6.91. The van der Waals surface area contributed by atoms with Crippen molar-refractivity contribution in [3.8, 4) is 5.75 Å². The van der Waals surface area contributed by atoms with Crippen molar-refractivity contribution in [2.75, 3.05) is 0 Å².